The fourth-order valence-corrected chi connectivity index (χ4v) is 13.9. The van der Waals surface area contributed by atoms with E-state index in [-0.39, 0.29) is 90.0 Å². The third-order valence-corrected chi connectivity index (χ3v) is 17.7. The van der Waals surface area contributed by atoms with Gasteiger partial charge >= 0.3 is 17.9 Å². The molecule has 6 aliphatic rings. The SMILES string of the molecule is CC1Cc2cc3c(cc2C(c2c(F)cc(/C=C/C(=O)OC4c5cc6c(cc5[C@H](c5c(F)cc(/C=C/C(=O)OC[C@@H]7Cc8cc9c(cc8[C@@H](c8c(F)cc(/C=C/C(=O)O)cc8F)N7CC(C)(C)F)OCO9)cc5F)N(CC(C)(C)F)[C@H]4C)OCO6)cc2F)N1CC(C)(C)F)OCO3. The summed E-state index contributed by atoms with van der Waals surface area (Å²) >= 11 is 0. The van der Waals surface area contributed by atoms with Crippen molar-refractivity contribution >= 4 is 36.1 Å². The van der Waals surface area contributed by atoms with Gasteiger partial charge in [0.2, 0.25) is 20.4 Å². The number of carbonyl (C=O) groups excluding carboxylic acids is 2. The fraction of sp³-hybridized carbons (Fsp3) is 0.375. The van der Waals surface area contributed by atoms with Crippen molar-refractivity contribution in [1.82, 2.24) is 14.7 Å². The number of fused-ring (bicyclic) bond motifs is 6. The molecule has 15 nitrogen and oxygen atoms in total. The van der Waals surface area contributed by atoms with Crippen LogP contribution >= 0.6 is 0 Å². The predicted molar refractivity (Wildman–Crippen MR) is 333 cm³/mol. The van der Waals surface area contributed by atoms with Gasteiger partial charge in [0.05, 0.1) is 18.1 Å². The Morgan fingerprint density at radius 3 is 1.27 bits per heavy atom. The van der Waals surface area contributed by atoms with Gasteiger partial charge in [0, 0.05) is 78.2 Å². The first-order valence-corrected chi connectivity index (χ1v) is 31.1. The molecule has 6 aliphatic heterocycles. The van der Waals surface area contributed by atoms with Crippen molar-refractivity contribution < 1.29 is 96.9 Å². The minimum absolute atomic E-state index is 0.0408. The van der Waals surface area contributed by atoms with E-state index < -0.39 is 137 Å². The second kappa shape index (κ2) is 25.9. The molecule has 0 aliphatic carbocycles. The lowest BCUT2D eigenvalue weighted by Crippen LogP contribution is -2.51. The van der Waals surface area contributed by atoms with Crippen LogP contribution in [0.4, 0.5) is 39.5 Å². The van der Waals surface area contributed by atoms with E-state index in [4.69, 9.17) is 43.0 Å². The Labute approximate surface area is 547 Å². The summed E-state index contributed by atoms with van der Waals surface area (Å²) in [5.41, 5.74) is -5.10. The average molecular weight is 1340 g/mol. The molecule has 0 spiro atoms. The van der Waals surface area contributed by atoms with Crippen LogP contribution in [0.2, 0.25) is 0 Å². The van der Waals surface area contributed by atoms with Crippen molar-refractivity contribution in [1.29, 1.82) is 0 Å². The van der Waals surface area contributed by atoms with Crippen molar-refractivity contribution in [2.75, 3.05) is 46.6 Å². The Bertz CT molecular complexity index is 4130. The summed E-state index contributed by atoms with van der Waals surface area (Å²) in [4.78, 5) is 43.6. The molecule has 6 heterocycles. The maximum atomic E-state index is 17.1. The number of esters is 2. The van der Waals surface area contributed by atoms with Crippen molar-refractivity contribution in [3.05, 3.63) is 193 Å². The monoisotopic (exact) mass is 1340 g/mol. The zero-order chi connectivity index (χ0) is 68.6. The Balaban J connectivity index is 0.804. The molecule has 0 radical (unpaired) electrons. The molecule has 0 aromatic heterocycles. The van der Waals surface area contributed by atoms with Gasteiger partial charge in [-0.2, -0.15) is 0 Å². The number of carbonyl (C=O) groups is 3. The van der Waals surface area contributed by atoms with Crippen LogP contribution in [0, 0.1) is 34.9 Å². The number of nitrogens with zero attached hydrogens (tertiary/aromatic N) is 3. The van der Waals surface area contributed by atoms with E-state index in [0.717, 1.165) is 72.3 Å². The van der Waals surface area contributed by atoms with Gasteiger partial charge in [-0.05, 0) is 204 Å². The molecule has 24 heteroatoms. The Morgan fingerprint density at radius 1 is 0.479 bits per heavy atom. The highest BCUT2D eigenvalue weighted by Crippen LogP contribution is 2.52. The van der Waals surface area contributed by atoms with Gasteiger partial charge < -0.3 is 43.0 Å². The first-order chi connectivity index (χ1) is 45.3. The largest absolute Gasteiger partial charge is 0.478 e. The summed E-state index contributed by atoms with van der Waals surface area (Å²) in [5.74, 6) is -7.95. The van der Waals surface area contributed by atoms with Crippen molar-refractivity contribution in [3.63, 3.8) is 0 Å². The number of alkyl halides is 3. The summed E-state index contributed by atoms with van der Waals surface area (Å²) in [6.45, 7) is 9.20. The van der Waals surface area contributed by atoms with E-state index in [2.05, 4.69) is 0 Å². The number of carboxylic acids is 1. The molecule has 0 saturated carbocycles. The molecular formula is C72H68F9N3O12. The van der Waals surface area contributed by atoms with Crippen LogP contribution in [0.5, 0.6) is 34.5 Å². The van der Waals surface area contributed by atoms with Gasteiger partial charge in [0.1, 0.15) is 64.6 Å². The van der Waals surface area contributed by atoms with Crippen LogP contribution in [-0.4, -0.2) is 119 Å². The van der Waals surface area contributed by atoms with Crippen molar-refractivity contribution in [3.8, 4) is 34.5 Å². The van der Waals surface area contributed by atoms with Crippen LogP contribution in [0.15, 0.2) is 91.0 Å². The molecule has 0 amide bonds. The third-order valence-electron chi connectivity index (χ3n) is 17.7. The maximum Gasteiger partial charge on any atom is 0.331 e. The van der Waals surface area contributed by atoms with Crippen LogP contribution in [-0.2, 0) is 36.7 Å². The van der Waals surface area contributed by atoms with E-state index in [1.54, 1.807) is 36.1 Å². The maximum absolute atomic E-state index is 17.1. The van der Waals surface area contributed by atoms with Gasteiger partial charge in [-0.1, -0.05) is 0 Å². The summed E-state index contributed by atoms with van der Waals surface area (Å²) in [7, 11) is 0. The van der Waals surface area contributed by atoms with Crippen LogP contribution in [0.1, 0.15) is 146 Å². The summed E-state index contributed by atoms with van der Waals surface area (Å²) in [6, 6.07) is 9.17. The molecule has 12 rings (SSSR count). The van der Waals surface area contributed by atoms with Gasteiger partial charge in [-0.3, -0.25) is 14.7 Å². The molecular weight excluding hydrogens is 1270 g/mol. The molecule has 3 unspecified atom stereocenters. The number of ether oxygens (including phenoxy) is 8. The Kier molecular flexibility index (Phi) is 18.0. The van der Waals surface area contributed by atoms with E-state index in [1.807, 2.05) is 6.92 Å². The van der Waals surface area contributed by atoms with Crippen molar-refractivity contribution in [2.45, 2.75) is 128 Å². The first-order valence-electron chi connectivity index (χ1n) is 31.1. The number of rotatable bonds is 18. The van der Waals surface area contributed by atoms with Gasteiger partial charge in [-0.15, -0.1) is 0 Å². The van der Waals surface area contributed by atoms with Gasteiger partial charge in [0.25, 0.3) is 0 Å². The van der Waals surface area contributed by atoms with E-state index in [0.29, 0.717) is 46.4 Å². The Morgan fingerprint density at radius 2 is 0.833 bits per heavy atom. The van der Waals surface area contributed by atoms with Crippen LogP contribution < -0.4 is 28.4 Å². The zero-order valence-corrected chi connectivity index (χ0v) is 53.5. The molecule has 0 bridgehead atoms. The lowest BCUT2D eigenvalue weighted by atomic mass is 9.81. The lowest BCUT2D eigenvalue weighted by molar-refractivity contribution is -0.149. The minimum atomic E-state index is -2.05. The molecule has 6 aromatic carbocycles. The summed E-state index contributed by atoms with van der Waals surface area (Å²) in [5, 5.41) is 9.15. The van der Waals surface area contributed by atoms with Crippen LogP contribution in [0.25, 0.3) is 18.2 Å². The molecule has 7 atom stereocenters. The summed E-state index contributed by atoms with van der Waals surface area (Å²) in [6.07, 6.45) is 4.98. The second-order valence-electron chi connectivity index (χ2n) is 26.7. The van der Waals surface area contributed by atoms with E-state index >= 15 is 39.5 Å². The molecule has 0 fully saturated rings. The lowest BCUT2D eigenvalue weighted by Gasteiger charge is -2.47. The highest BCUT2D eigenvalue weighted by molar-refractivity contribution is 5.88. The Hall–Kier alpha value is -9.00. The van der Waals surface area contributed by atoms with Crippen LogP contribution in [0.3, 0.4) is 0 Å². The average Bonchev–Trinajstić information content (AvgIpc) is 1.01. The topological polar surface area (TPSA) is 155 Å². The molecule has 506 valence electrons. The highest BCUT2D eigenvalue weighted by Gasteiger charge is 2.48. The highest BCUT2D eigenvalue weighted by atomic mass is 19.2. The standard InChI is InChI=1S/C72H68F9N3O12/c1-36-15-41-23-54-56(92-33-90-54)25-44(41)66(82(36)30-70(3,4)79)63-48(73)20-40(21-49(63)74)11-14-62(88)96-69-37(2)83(31-71(5,6)80)68(46-27-58-59(28-47(46)69)95-35-94-58)65-52(77)18-39(19-53(65)78)10-13-61(87)89-29-43-22-42-24-55-57(93-34-91-55)26-45(42)67(84(43)32-72(7,8)81)64-50(75)16-38(17-51(64)76)9-12-60(85)86/h9-14,16-21,23-28,36-37,43,66-69H,15,22,29-35H2,1-8H3,(H,85,86)/b12-9+,13-10+,14-11+/t36?,37-,43-,66?,67-,68+,69?/m0/s1. The van der Waals surface area contributed by atoms with Gasteiger partial charge in [0.15, 0.2) is 34.5 Å². The van der Waals surface area contributed by atoms with E-state index in [9.17, 15) is 14.4 Å². The quantitative estimate of drug-likeness (QED) is 0.0492. The smallest absolute Gasteiger partial charge is 0.331 e. The van der Waals surface area contributed by atoms with E-state index in [1.165, 1.54) is 63.5 Å². The van der Waals surface area contributed by atoms with Gasteiger partial charge in [-0.25, -0.2) is 53.9 Å². The normalized spacial score (nSPS) is 21.7. The number of hydrogen-bond donors (Lipinski definition) is 1. The predicted octanol–water partition coefficient (Wildman–Crippen LogP) is 14.0. The number of carboxylic acid groups (broad SMARTS) is 1. The zero-order valence-electron chi connectivity index (χ0n) is 53.5. The summed E-state index contributed by atoms with van der Waals surface area (Å²) < 4.78 is 194. The first kappa shape index (κ1) is 67.0. The molecule has 6 aromatic rings. The van der Waals surface area contributed by atoms with Crippen molar-refractivity contribution in [2.24, 2.45) is 0 Å². The molecule has 1 N–H and O–H groups in total. The number of hydrogen-bond acceptors (Lipinski definition) is 14. The number of aliphatic carboxylic acids is 1. The third kappa shape index (κ3) is 13.9. The second-order valence-corrected chi connectivity index (χ2v) is 26.7. The molecule has 0 saturated heterocycles. The molecule has 96 heavy (non-hydrogen) atoms. The number of benzene rings is 6. The number of halogens is 9. The fourth-order valence-electron chi connectivity index (χ4n) is 13.9. The minimum Gasteiger partial charge on any atom is -0.478 e.